The summed E-state index contributed by atoms with van der Waals surface area (Å²) in [6, 6.07) is 0.876. The van der Waals surface area contributed by atoms with Gasteiger partial charge < -0.3 is 13.3 Å². The van der Waals surface area contributed by atoms with Crippen LogP contribution in [0.3, 0.4) is 0 Å². The molecule has 0 radical (unpaired) electrons. The summed E-state index contributed by atoms with van der Waals surface area (Å²) >= 11 is 2.38. The third-order valence-corrected chi connectivity index (χ3v) is 6.37. The van der Waals surface area contributed by atoms with E-state index in [9.17, 15) is 0 Å². The SMILES string of the molecule is CCO[Si](CCCC=NCCCI)(OCC)OCC. The average Bonchev–Trinajstić information content (AvgIpc) is 2.39. The molecule has 0 bridgehead atoms. The van der Waals surface area contributed by atoms with E-state index in [2.05, 4.69) is 27.6 Å². The van der Waals surface area contributed by atoms with Crippen molar-refractivity contribution in [1.82, 2.24) is 0 Å². The Morgan fingerprint density at radius 2 is 1.58 bits per heavy atom. The van der Waals surface area contributed by atoms with E-state index >= 15 is 0 Å². The molecule has 0 aliphatic carbocycles. The molecule has 0 heterocycles. The quantitative estimate of drug-likeness (QED) is 0.155. The highest BCUT2D eigenvalue weighted by atomic mass is 127. The number of halogens is 1. The van der Waals surface area contributed by atoms with E-state index in [1.54, 1.807) is 0 Å². The zero-order chi connectivity index (χ0) is 14.4. The van der Waals surface area contributed by atoms with Crippen LogP contribution in [0, 0.1) is 0 Å². The van der Waals surface area contributed by atoms with E-state index in [0.717, 1.165) is 31.9 Å². The molecular formula is C13H28INO3Si. The fraction of sp³-hybridized carbons (Fsp3) is 0.923. The van der Waals surface area contributed by atoms with E-state index in [1.165, 1.54) is 4.43 Å². The van der Waals surface area contributed by atoms with Gasteiger partial charge in [-0.15, -0.1) is 0 Å². The predicted molar refractivity (Wildman–Crippen MR) is 91.5 cm³/mol. The Labute approximate surface area is 132 Å². The predicted octanol–water partition coefficient (Wildman–Crippen LogP) is 3.71. The standard InChI is InChI=1S/C13H28INO3Si/c1-4-16-19(17-5-2,18-6-3)13-8-7-11-15-12-9-10-14/h11H,4-10,12-13H2,1-3H3. The van der Waals surface area contributed by atoms with Gasteiger partial charge in [0.1, 0.15) is 0 Å². The molecule has 6 heteroatoms. The van der Waals surface area contributed by atoms with Crippen LogP contribution in [0.1, 0.15) is 40.0 Å². The number of unbranched alkanes of at least 4 members (excludes halogenated alkanes) is 1. The van der Waals surface area contributed by atoms with E-state index in [-0.39, 0.29) is 0 Å². The molecule has 0 amide bonds. The molecule has 0 spiro atoms. The van der Waals surface area contributed by atoms with Gasteiger partial charge >= 0.3 is 8.80 Å². The van der Waals surface area contributed by atoms with E-state index in [4.69, 9.17) is 13.3 Å². The third-order valence-electron chi connectivity index (χ3n) is 2.46. The lowest BCUT2D eigenvalue weighted by molar-refractivity contribution is 0.0710. The molecule has 19 heavy (non-hydrogen) atoms. The monoisotopic (exact) mass is 401 g/mol. The van der Waals surface area contributed by atoms with Crippen LogP contribution in [0.25, 0.3) is 0 Å². The first-order valence-corrected chi connectivity index (χ1v) is 10.7. The highest BCUT2D eigenvalue weighted by Gasteiger charge is 2.39. The van der Waals surface area contributed by atoms with Crippen LogP contribution in [0.4, 0.5) is 0 Å². The van der Waals surface area contributed by atoms with Crippen molar-refractivity contribution < 1.29 is 13.3 Å². The fourth-order valence-electron chi connectivity index (χ4n) is 1.74. The molecule has 0 saturated carbocycles. The van der Waals surface area contributed by atoms with Crippen LogP contribution < -0.4 is 0 Å². The molecule has 0 aliphatic rings. The minimum absolute atomic E-state index is 0.649. The molecule has 0 aromatic rings. The molecule has 0 rings (SSSR count). The van der Waals surface area contributed by atoms with Crippen molar-refractivity contribution in [2.75, 3.05) is 30.8 Å². The Bertz CT molecular complexity index is 213. The second kappa shape index (κ2) is 13.5. The molecule has 114 valence electrons. The third kappa shape index (κ3) is 9.95. The van der Waals surface area contributed by atoms with Crippen molar-refractivity contribution >= 4 is 37.6 Å². The lowest BCUT2D eigenvalue weighted by Gasteiger charge is -2.28. The van der Waals surface area contributed by atoms with Crippen molar-refractivity contribution in [3.8, 4) is 0 Å². The number of rotatable bonds is 13. The lowest BCUT2D eigenvalue weighted by Crippen LogP contribution is -2.45. The first kappa shape index (κ1) is 19.5. The first-order chi connectivity index (χ1) is 9.24. The van der Waals surface area contributed by atoms with Gasteiger partial charge in [-0.25, -0.2) is 0 Å². The topological polar surface area (TPSA) is 40.0 Å². The summed E-state index contributed by atoms with van der Waals surface area (Å²) in [5.41, 5.74) is 0. The van der Waals surface area contributed by atoms with Crippen LogP contribution in [-0.2, 0) is 13.3 Å². The van der Waals surface area contributed by atoms with Crippen LogP contribution >= 0.6 is 22.6 Å². The van der Waals surface area contributed by atoms with Gasteiger partial charge in [0.15, 0.2) is 0 Å². The summed E-state index contributed by atoms with van der Waals surface area (Å²) < 4.78 is 18.6. The summed E-state index contributed by atoms with van der Waals surface area (Å²) in [7, 11) is -2.43. The van der Waals surface area contributed by atoms with Gasteiger partial charge in [-0.05, 0) is 46.2 Å². The molecule has 0 aromatic heterocycles. The number of nitrogens with zero attached hydrogens (tertiary/aromatic N) is 1. The summed E-state index contributed by atoms with van der Waals surface area (Å²) in [5.74, 6) is 0. The van der Waals surface area contributed by atoms with Crippen molar-refractivity contribution in [2.45, 2.75) is 46.1 Å². The molecular weight excluding hydrogens is 373 g/mol. The van der Waals surface area contributed by atoms with E-state index in [0.29, 0.717) is 19.8 Å². The zero-order valence-corrected chi connectivity index (χ0v) is 15.6. The second-order valence-corrected chi connectivity index (χ2v) is 7.82. The average molecular weight is 401 g/mol. The minimum Gasteiger partial charge on any atom is -0.374 e. The molecule has 4 nitrogen and oxygen atoms in total. The van der Waals surface area contributed by atoms with Crippen LogP contribution in [0.2, 0.25) is 6.04 Å². The molecule has 0 aliphatic heterocycles. The highest BCUT2D eigenvalue weighted by molar-refractivity contribution is 14.1. The van der Waals surface area contributed by atoms with Crippen molar-refractivity contribution in [2.24, 2.45) is 4.99 Å². The largest absolute Gasteiger partial charge is 0.500 e. The van der Waals surface area contributed by atoms with Gasteiger partial charge in [-0.2, -0.15) is 0 Å². The maximum absolute atomic E-state index is 5.80. The van der Waals surface area contributed by atoms with Gasteiger partial charge in [0, 0.05) is 36.8 Å². The summed E-state index contributed by atoms with van der Waals surface area (Å²) in [6.45, 7) is 8.86. The second-order valence-electron chi connectivity index (χ2n) is 4.01. The highest BCUT2D eigenvalue weighted by Crippen LogP contribution is 2.18. The van der Waals surface area contributed by atoms with Gasteiger partial charge in [0.05, 0.1) is 0 Å². The lowest BCUT2D eigenvalue weighted by atomic mass is 10.4. The van der Waals surface area contributed by atoms with Crippen LogP contribution in [-0.4, -0.2) is 45.8 Å². The normalized spacial score (nSPS) is 12.4. The Morgan fingerprint density at radius 3 is 2.05 bits per heavy atom. The Kier molecular flexibility index (Phi) is 13.8. The molecule has 0 fully saturated rings. The van der Waals surface area contributed by atoms with Gasteiger partial charge in [0.2, 0.25) is 0 Å². The maximum atomic E-state index is 5.80. The van der Waals surface area contributed by atoms with Crippen molar-refractivity contribution in [3.05, 3.63) is 0 Å². The number of aliphatic imine (C=N–C) groups is 1. The Balaban J connectivity index is 4.06. The zero-order valence-electron chi connectivity index (χ0n) is 12.5. The summed E-state index contributed by atoms with van der Waals surface area (Å²) in [6.07, 6.45) is 5.17. The molecule has 0 saturated heterocycles. The van der Waals surface area contributed by atoms with Crippen molar-refractivity contribution in [1.29, 1.82) is 0 Å². The number of alkyl halides is 1. The Hall–Kier alpha value is 0.497. The van der Waals surface area contributed by atoms with Gasteiger partial charge in [-0.1, -0.05) is 22.6 Å². The van der Waals surface area contributed by atoms with Gasteiger partial charge in [-0.3, -0.25) is 4.99 Å². The summed E-state index contributed by atoms with van der Waals surface area (Å²) in [5, 5.41) is 0. The van der Waals surface area contributed by atoms with Crippen molar-refractivity contribution in [3.63, 3.8) is 0 Å². The molecule has 0 atom stereocenters. The van der Waals surface area contributed by atoms with E-state index < -0.39 is 8.80 Å². The van der Waals surface area contributed by atoms with E-state index in [1.807, 2.05) is 27.0 Å². The molecule has 0 aromatic carbocycles. The molecule has 0 N–H and O–H groups in total. The Morgan fingerprint density at radius 1 is 1.00 bits per heavy atom. The fourth-order valence-corrected chi connectivity index (χ4v) is 4.73. The number of hydrogen-bond donors (Lipinski definition) is 0. The first-order valence-electron chi connectivity index (χ1n) is 7.20. The van der Waals surface area contributed by atoms with Gasteiger partial charge in [0.25, 0.3) is 0 Å². The van der Waals surface area contributed by atoms with Crippen LogP contribution in [0.5, 0.6) is 0 Å². The minimum atomic E-state index is -2.43. The molecule has 0 unspecified atom stereocenters. The smallest absolute Gasteiger partial charge is 0.374 e. The number of hydrogen-bond acceptors (Lipinski definition) is 4. The maximum Gasteiger partial charge on any atom is 0.500 e. The van der Waals surface area contributed by atoms with Crippen LogP contribution in [0.15, 0.2) is 4.99 Å². The summed E-state index contributed by atoms with van der Waals surface area (Å²) in [4.78, 5) is 4.38.